The first-order chi connectivity index (χ1) is 25.4. The summed E-state index contributed by atoms with van der Waals surface area (Å²) in [5.74, 6) is -1.78. The molecule has 300 valence electrons. The number of sulfone groups is 2. The number of benzene rings is 2. The second-order valence-electron chi connectivity index (χ2n) is 15.7. The van der Waals surface area contributed by atoms with Crippen molar-refractivity contribution in [2.24, 2.45) is 17.8 Å². The van der Waals surface area contributed by atoms with Gasteiger partial charge in [-0.05, 0) is 70.7 Å². The number of aliphatic hydroxyl groups is 1. The Bertz CT molecular complexity index is 1620. The van der Waals surface area contributed by atoms with E-state index in [1.807, 2.05) is 33.8 Å². The highest BCUT2D eigenvalue weighted by Crippen LogP contribution is 2.40. The minimum atomic E-state index is -3.53. The Morgan fingerprint density at radius 2 is 1.07 bits per heavy atom. The quantitative estimate of drug-likeness (QED) is 0.228. The van der Waals surface area contributed by atoms with Crippen molar-refractivity contribution in [3.05, 3.63) is 86.0 Å². The molecule has 0 radical (unpaired) electrons. The van der Waals surface area contributed by atoms with Gasteiger partial charge in [0.1, 0.15) is 0 Å². The van der Waals surface area contributed by atoms with Gasteiger partial charge in [0.15, 0.2) is 31.2 Å². The first kappa shape index (κ1) is 42.7. The van der Waals surface area contributed by atoms with Crippen molar-refractivity contribution in [1.29, 1.82) is 0 Å². The van der Waals surface area contributed by atoms with Gasteiger partial charge in [-0.25, -0.2) is 16.8 Å². The molecule has 0 aliphatic carbocycles. The molecule has 0 bridgehead atoms. The maximum absolute atomic E-state index is 12.9. The molecule has 0 saturated carbocycles. The van der Waals surface area contributed by atoms with Crippen LogP contribution in [0.15, 0.2) is 95.8 Å². The summed E-state index contributed by atoms with van der Waals surface area (Å²) < 4.78 is 86.6. The Morgan fingerprint density at radius 3 is 1.50 bits per heavy atom. The second-order valence-corrected chi connectivity index (χ2v) is 19.8. The maximum atomic E-state index is 12.9. The van der Waals surface area contributed by atoms with E-state index in [-0.39, 0.29) is 52.7 Å². The number of hydrogen-bond donors (Lipinski definition) is 1. The van der Waals surface area contributed by atoms with Crippen LogP contribution in [0.1, 0.15) is 60.3 Å². The molecular formula is C41H58O11S2. The van der Waals surface area contributed by atoms with Crippen LogP contribution in [0.25, 0.3) is 0 Å². The molecule has 0 aromatic heterocycles. The van der Waals surface area contributed by atoms with Crippen LogP contribution in [0.5, 0.6) is 0 Å². The lowest BCUT2D eigenvalue weighted by Gasteiger charge is -2.22. The molecule has 11 nitrogen and oxygen atoms in total. The van der Waals surface area contributed by atoms with Gasteiger partial charge in [-0.15, -0.1) is 13.2 Å². The summed E-state index contributed by atoms with van der Waals surface area (Å²) in [4.78, 5) is 0.625. The first-order valence-electron chi connectivity index (χ1n) is 18.8. The Balaban J connectivity index is 0.000000208. The molecule has 4 heterocycles. The van der Waals surface area contributed by atoms with Gasteiger partial charge < -0.3 is 33.5 Å². The molecule has 2 aromatic rings. The van der Waals surface area contributed by atoms with E-state index < -0.39 is 55.5 Å². The fourth-order valence-electron chi connectivity index (χ4n) is 7.92. The average Bonchev–Trinajstić information content (AvgIpc) is 3.82. The predicted octanol–water partition coefficient (Wildman–Crippen LogP) is 5.92. The summed E-state index contributed by atoms with van der Waals surface area (Å²) in [6.07, 6.45) is 3.62. The normalized spacial score (nSPS) is 33.2. The van der Waals surface area contributed by atoms with Gasteiger partial charge in [0.25, 0.3) is 0 Å². The Kier molecular flexibility index (Phi) is 14.0. The van der Waals surface area contributed by atoms with Crippen LogP contribution in [0, 0.1) is 17.8 Å². The summed E-state index contributed by atoms with van der Waals surface area (Å²) in [6.45, 7) is 18.1. The van der Waals surface area contributed by atoms with Crippen LogP contribution < -0.4 is 0 Å². The molecule has 4 fully saturated rings. The molecule has 0 amide bonds. The number of aliphatic hydroxyl groups excluding tert-OH is 1. The smallest absolute Gasteiger partial charge is 0.178 e. The molecule has 0 spiro atoms. The molecular weight excluding hydrogens is 733 g/mol. The summed E-state index contributed by atoms with van der Waals surface area (Å²) in [6, 6.07) is 16.9. The van der Waals surface area contributed by atoms with E-state index in [1.54, 1.807) is 66.7 Å². The monoisotopic (exact) mass is 790 g/mol. The van der Waals surface area contributed by atoms with Crippen molar-refractivity contribution in [2.75, 3.05) is 24.7 Å². The van der Waals surface area contributed by atoms with Gasteiger partial charge in [0.2, 0.25) is 0 Å². The molecule has 6 rings (SSSR count). The van der Waals surface area contributed by atoms with Crippen molar-refractivity contribution < 1.29 is 50.4 Å². The van der Waals surface area contributed by atoms with Crippen molar-refractivity contribution in [2.45, 2.75) is 124 Å². The minimum Gasteiger partial charge on any atom is -0.390 e. The van der Waals surface area contributed by atoms with Crippen LogP contribution in [0.2, 0.25) is 0 Å². The maximum Gasteiger partial charge on any atom is 0.178 e. The largest absolute Gasteiger partial charge is 0.390 e. The summed E-state index contributed by atoms with van der Waals surface area (Å²) >= 11 is 0. The number of ether oxygens (including phenoxy) is 6. The molecule has 54 heavy (non-hydrogen) atoms. The first-order valence-corrected chi connectivity index (χ1v) is 22.1. The second kappa shape index (κ2) is 17.8. The van der Waals surface area contributed by atoms with E-state index in [9.17, 15) is 21.9 Å². The minimum absolute atomic E-state index is 0.0266. The van der Waals surface area contributed by atoms with Crippen molar-refractivity contribution in [1.82, 2.24) is 0 Å². The fourth-order valence-corrected chi connectivity index (χ4v) is 11.4. The Labute approximate surface area is 321 Å². The predicted molar refractivity (Wildman–Crippen MR) is 205 cm³/mol. The van der Waals surface area contributed by atoms with E-state index in [1.165, 1.54) is 0 Å². The van der Waals surface area contributed by atoms with E-state index in [0.717, 1.165) is 0 Å². The van der Waals surface area contributed by atoms with Gasteiger partial charge in [-0.1, -0.05) is 55.5 Å². The van der Waals surface area contributed by atoms with Crippen molar-refractivity contribution in [3.63, 3.8) is 0 Å². The highest BCUT2D eigenvalue weighted by molar-refractivity contribution is 7.91. The molecule has 1 N–H and O–H groups in total. The standard InChI is InChI=1S/C21H30O5S.C20H28O6S/c1-5-9-19-18(14-27(22,23)17-10-7-6-8-11-17)15(2)20(25-19)12-16-13-24-21(3,4)26-16;1-4-8-17-16(13-27(22,23)15-9-6-5-7-10-15)19(21)18(25-17)11-14-12-24-20(2,3)26-14/h5-8,10-11,15-16,18-20H,1,9,12-14H2,2-4H3;4-7,9-10,14,16-19,21H,1,8,11-13H2,2-3H3/t15-,16?,18?,19+,20-;14?,16?,17-,18+,19+/m10/s1. The zero-order chi connectivity index (χ0) is 39.3. The summed E-state index contributed by atoms with van der Waals surface area (Å²) in [5.41, 5.74) is 0. The van der Waals surface area contributed by atoms with Crippen LogP contribution in [0.3, 0.4) is 0 Å². The molecule has 4 aliphatic heterocycles. The van der Waals surface area contributed by atoms with Gasteiger partial charge in [0.05, 0.1) is 77.2 Å². The van der Waals surface area contributed by atoms with Crippen LogP contribution in [-0.2, 0) is 48.1 Å². The third-order valence-electron chi connectivity index (χ3n) is 10.7. The average molecular weight is 791 g/mol. The summed E-state index contributed by atoms with van der Waals surface area (Å²) in [5, 5.41) is 10.8. The van der Waals surface area contributed by atoms with Crippen LogP contribution >= 0.6 is 0 Å². The highest BCUT2D eigenvalue weighted by Gasteiger charge is 2.48. The number of rotatable bonds is 14. The van der Waals surface area contributed by atoms with Crippen LogP contribution in [-0.4, -0.2) is 101 Å². The van der Waals surface area contributed by atoms with E-state index in [2.05, 4.69) is 20.1 Å². The van der Waals surface area contributed by atoms with Gasteiger partial charge in [0, 0.05) is 24.7 Å². The lowest BCUT2D eigenvalue weighted by atomic mass is 9.87. The third kappa shape index (κ3) is 10.9. The molecule has 10 atom stereocenters. The lowest BCUT2D eigenvalue weighted by Crippen LogP contribution is -2.35. The molecule has 4 saturated heterocycles. The van der Waals surface area contributed by atoms with Crippen LogP contribution in [0.4, 0.5) is 0 Å². The Morgan fingerprint density at radius 1 is 0.667 bits per heavy atom. The number of hydrogen-bond acceptors (Lipinski definition) is 11. The molecule has 4 aliphatic rings. The third-order valence-corrected chi connectivity index (χ3v) is 14.3. The van der Waals surface area contributed by atoms with Crippen molar-refractivity contribution >= 4 is 19.7 Å². The Hall–Kier alpha value is -2.46. The van der Waals surface area contributed by atoms with Gasteiger partial charge in [-0.2, -0.15) is 0 Å². The SMILES string of the molecule is C=CC[C@@H]1O[C@H](CC2COC(C)(C)O2)[C@H](C)C1CS(=O)(=O)c1ccccc1.C=CC[C@@H]1O[C@H](CC2COC(C)(C)O2)[C@H](O)C1CS(=O)(=O)c1ccccc1. The fraction of sp³-hybridized carbons (Fsp3) is 0.610. The van der Waals surface area contributed by atoms with Crippen molar-refractivity contribution in [3.8, 4) is 0 Å². The van der Waals surface area contributed by atoms with Gasteiger partial charge in [-0.3, -0.25) is 0 Å². The molecule has 13 heteroatoms. The zero-order valence-electron chi connectivity index (χ0n) is 32.1. The van der Waals surface area contributed by atoms with E-state index >= 15 is 0 Å². The topological polar surface area (TPSA) is 144 Å². The van der Waals surface area contributed by atoms with Gasteiger partial charge >= 0.3 is 0 Å². The highest BCUT2D eigenvalue weighted by atomic mass is 32.2. The van der Waals surface area contributed by atoms with E-state index in [4.69, 9.17) is 28.4 Å². The lowest BCUT2D eigenvalue weighted by molar-refractivity contribution is -0.144. The molecule has 4 unspecified atom stereocenters. The molecule has 2 aromatic carbocycles. The van der Waals surface area contributed by atoms with E-state index in [0.29, 0.717) is 43.8 Å². The summed E-state index contributed by atoms with van der Waals surface area (Å²) in [7, 11) is -6.89. The zero-order valence-corrected chi connectivity index (χ0v) is 33.8.